The van der Waals surface area contributed by atoms with Crippen molar-refractivity contribution in [3.8, 4) is 17.0 Å². The number of nitrogens with zero attached hydrogens (tertiary/aromatic N) is 4. The van der Waals surface area contributed by atoms with E-state index in [0.29, 0.717) is 31.0 Å². The zero-order chi connectivity index (χ0) is 22.7. The van der Waals surface area contributed by atoms with Crippen molar-refractivity contribution in [1.29, 1.82) is 0 Å². The molecule has 3 heterocycles. The highest BCUT2D eigenvalue weighted by atomic mass is 16.5. The lowest BCUT2D eigenvalue weighted by molar-refractivity contribution is -0.132. The zero-order valence-electron chi connectivity index (χ0n) is 18.4. The summed E-state index contributed by atoms with van der Waals surface area (Å²) in [7, 11) is 1.60. The molecule has 4 rings (SSSR count). The molecule has 1 aliphatic heterocycles. The number of amides is 2. The molecule has 0 aliphatic carbocycles. The van der Waals surface area contributed by atoms with E-state index in [4.69, 9.17) is 15.5 Å². The van der Waals surface area contributed by atoms with Crippen molar-refractivity contribution in [3.05, 3.63) is 54.0 Å². The van der Waals surface area contributed by atoms with E-state index in [9.17, 15) is 9.59 Å². The Labute approximate surface area is 186 Å². The number of imidazole rings is 2. The molecule has 1 aromatic carbocycles. The Balaban J connectivity index is 1.49. The number of primary amides is 1. The third kappa shape index (κ3) is 4.51. The molecule has 0 bridgehead atoms. The number of H-pyrrole nitrogens is 1. The van der Waals surface area contributed by atoms with Crippen LogP contribution in [0.15, 0.2) is 36.7 Å². The molecule has 1 atom stereocenters. The van der Waals surface area contributed by atoms with Crippen molar-refractivity contribution in [2.45, 2.75) is 38.6 Å². The third-order valence-corrected chi connectivity index (χ3v) is 5.98. The summed E-state index contributed by atoms with van der Waals surface area (Å²) in [6.07, 6.45) is 5.82. The van der Waals surface area contributed by atoms with Gasteiger partial charge in [-0.3, -0.25) is 9.59 Å². The molecule has 2 aromatic heterocycles. The zero-order valence-corrected chi connectivity index (χ0v) is 18.4. The maximum atomic E-state index is 12.8. The molecule has 1 aliphatic rings. The Kier molecular flexibility index (Phi) is 6.25. The van der Waals surface area contributed by atoms with Crippen molar-refractivity contribution < 1.29 is 14.3 Å². The van der Waals surface area contributed by atoms with Crippen LogP contribution < -0.4 is 10.5 Å². The first-order valence-corrected chi connectivity index (χ1v) is 10.8. The Morgan fingerprint density at radius 2 is 2.06 bits per heavy atom. The molecule has 168 valence electrons. The highest BCUT2D eigenvalue weighted by molar-refractivity contribution is 5.97. The smallest absolute Gasteiger partial charge is 0.267 e. The van der Waals surface area contributed by atoms with Gasteiger partial charge in [0.25, 0.3) is 5.91 Å². The molecule has 0 radical (unpaired) electrons. The number of piperidine rings is 1. The summed E-state index contributed by atoms with van der Waals surface area (Å²) in [5.74, 6) is 1.88. The van der Waals surface area contributed by atoms with Crippen molar-refractivity contribution >= 4 is 11.8 Å². The number of aryl methyl sites for hydroxylation is 2. The van der Waals surface area contributed by atoms with Gasteiger partial charge in [-0.25, -0.2) is 9.97 Å². The number of hydrogen-bond acceptors (Lipinski definition) is 5. The summed E-state index contributed by atoms with van der Waals surface area (Å²) in [5, 5.41) is 0. The first-order chi connectivity index (χ1) is 15.5. The fourth-order valence-electron chi connectivity index (χ4n) is 4.16. The van der Waals surface area contributed by atoms with Gasteiger partial charge in [0.2, 0.25) is 5.91 Å². The Morgan fingerprint density at radius 1 is 1.28 bits per heavy atom. The van der Waals surface area contributed by atoms with Gasteiger partial charge in [-0.1, -0.05) is 0 Å². The van der Waals surface area contributed by atoms with Gasteiger partial charge in [-0.05, 0) is 44.0 Å². The number of hydrogen-bond donors (Lipinski definition) is 2. The van der Waals surface area contributed by atoms with E-state index in [-0.39, 0.29) is 17.5 Å². The second-order valence-electron chi connectivity index (χ2n) is 8.04. The molecule has 0 spiro atoms. The maximum absolute atomic E-state index is 12.8. The average molecular weight is 437 g/mol. The number of carbonyl (C=O) groups excluding carboxylic acids is 2. The Morgan fingerprint density at radius 3 is 2.72 bits per heavy atom. The van der Waals surface area contributed by atoms with Crippen LogP contribution >= 0.6 is 0 Å². The number of nitrogens with two attached hydrogens (primary N) is 1. The number of aromatic amines is 1. The van der Waals surface area contributed by atoms with Crippen LogP contribution in [-0.2, 0) is 11.3 Å². The lowest BCUT2D eigenvalue weighted by atomic mass is 9.97. The molecule has 1 fully saturated rings. The SMILES string of the molecule is COc1ccc(-c2nc(C3CCCN(C(=O)CCn4ccnc4C)C3)[nH]c2C(N)=O)cc1. The van der Waals surface area contributed by atoms with Crippen LogP contribution in [0.25, 0.3) is 11.3 Å². The number of carbonyl (C=O) groups is 2. The van der Waals surface area contributed by atoms with Gasteiger partial charge < -0.3 is 24.9 Å². The fourth-order valence-corrected chi connectivity index (χ4v) is 4.16. The van der Waals surface area contributed by atoms with Crippen LogP contribution in [0.5, 0.6) is 5.75 Å². The van der Waals surface area contributed by atoms with Crippen LogP contribution in [0.1, 0.15) is 47.3 Å². The Bertz CT molecular complexity index is 1100. The molecule has 9 heteroatoms. The summed E-state index contributed by atoms with van der Waals surface area (Å²) >= 11 is 0. The van der Waals surface area contributed by atoms with Gasteiger partial charge in [-0.2, -0.15) is 0 Å². The molecule has 2 amide bonds. The molecule has 3 aromatic rings. The van der Waals surface area contributed by atoms with Crippen molar-refractivity contribution in [3.63, 3.8) is 0 Å². The predicted octanol–water partition coefficient (Wildman–Crippen LogP) is 2.49. The van der Waals surface area contributed by atoms with E-state index in [1.807, 2.05) is 46.9 Å². The Hall–Kier alpha value is -3.62. The van der Waals surface area contributed by atoms with Crippen molar-refractivity contribution in [2.24, 2.45) is 5.73 Å². The first kappa shape index (κ1) is 21.6. The topological polar surface area (TPSA) is 119 Å². The quantitative estimate of drug-likeness (QED) is 0.590. The average Bonchev–Trinajstić information content (AvgIpc) is 3.44. The lowest BCUT2D eigenvalue weighted by Crippen LogP contribution is -2.39. The minimum atomic E-state index is -0.561. The van der Waals surface area contributed by atoms with Crippen LogP contribution in [0.3, 0.4) is 0 Å². The largest absolute Gasteiger partial charge is 0.497 e. The van der Waals surface area contributed by atoms with E-state index in [1.165, 1.54) is 0 Å². The fraction of sp³-hybridized carbons (Fsp3) is 0.391. The maximum Gasteiger partial charge on any atom is 0.267 e. The van der Waals surface area contributed by atoms with Gasteiger partial charge in [-0.15, -0.1) is 0 Å². The normalized spacial score (nSPS) is 16.2. The summed E-state index contributed by atoms with van der Waals surface area (Å²) in [4.78, 5) is 38.8. The third-order valence-electron chi connectivity index (χ3n) is 5.98. The highest BCUT2D eigenvalue weighted by Crippen LogP contribution is 2.30. The summed E-state index contributed by atoms with van der Waals surface area (Å²) in [6.45, 7) is 3.83. The molecule has 3 N–H and O–H groups in total. The van der Waals surface area contributed by atoms with Gasteiger partial charge in [0.05, 0.1) is 7.11 Å². The van der Waals surface area contributed by atoms with Gasteiger partial charge in [0.1, 0.15) is 28.8 Å². The number of benzene rings is 1. The predicted molar refractivity (Wildman–Crippen MR) is 119 cm³/mol. The number of methoxy groups -OCH3 is 1. The van der Waals surface area contributed by atoms with E-state index >= 15 is 0 Å². The molecular formula is C23H28N6O3. The monoisotopic (exact) mass is 436 g/mol. The summed E-state index contributed by atoms with van der Waals surface area (Å²) < 4.78 is 7.18. The van der Waals surface area contributed by atoms with Crippen molar-refractivity contribution in [2.75, 3.05) is 20.2 Å². The second kappa shape index (κ2) is 9.25. The molecule has 1 saturated heterocycles. The molecule has 1 unspecified atom stereocenters. The minimum absolute atomic E-state index is 0.0211. The van der Waals surface area contributed by atoms with E-state index in [0.717, 1.165) is 36.5 Å². The van der Waals surface area contributed by atoms with Crippen LogP contribution in [0, 0.1) is 6.92 Å². The van der Waals surface area contributed by atoms with Crippen LogP contribution in [0.2, 0.25) is 0 Å². The van der Waals surface area contributed by atoms with E-state index < -0.39 is 5.91 Å². The lowest BCUT2D eigenvalue weighted by Gasteiger charge is -2.32. The molecule has 32 heavy (non-hydrogen) atoms. The van der Waals surface area contributed by atoms with E-state index in [1.54, 1.807) is 13.3 Å². The molecule has 0 saturated carbocycles. The molecular weight excluding hydrogens is 408 g/mol. The second-order valence-corrected chi connectivity index (χ2v) is 8.04. The number of nitrogens with one attached hydrogen (secondary N) is 1. The summed E-state index contributed by atoms with van der Waals surface area (Å²) in [5.41, 5.74) is 7.20. The van der Waals surface area contributed by atoms with Gasteiger partial charge in [0.15, 0.2) is 0 Å². The van der Waals surface area contributed by atoms with E-state index in [2.05, 4.69) is 9.97 Å². The van der Waals surface area contributed by atoms with Gasteiger partial charge >= 0.3 is 0 Å². The molecule has 9 nitrogen and oxygen atoms in total. The van der Waals surface area contributed by atoms with Crippen molar-refractivity contribution in [1.82, 2.24) is 24.4 Å². The first-order valence-electron chi connectivity index (χ1n) is 10.8. The summed E-state index contributed by atoms with van der Waals surface area (Å²) in [6, 6.07) is 7.33. The van der Waals surface area contributed by atoms with Crippen LogP contribution in [-0.4, -0.2) is 56.4 Å². The standard InChI is InChI=1S/C23H28N6O3/c1-15-25-10-13-28(15)12-9-19(30)29-11-3-4-17(14-29)23-26-20(21(27-23)22(24)31)16-5-7-18(32-2)8-6-16/h5-8,10,13,17H,3-4,9,11-12,14H2,1-2H3,(H2,24,31)(H,26,27). The number of likely N-dealkylation sites (tertiary alicyclic amines) is 1. The number of rotatable bonds is 7. The minimum Gasteiger partial charge on any atom is -0.497 e. The number of ether oxygens (including phenoxy) is 1. The number of aromatic nitrogens is 4. The highest BCUT2D eigenvalue weighted by Gasteiger charge is 2.28. The van der Waals surface area contributed by atoms with Crippen LogP contribution in [0.4, 0.5) is 0 Å². The van der Waals surface area contributed by atoms with Gasteiger partial charge in [0, 0.05) is 49.9 Å².